The SMILES string of the molecule is CCC(C)C(NC(=O)C=CC=CC=CC=CC=CC=CC=CC(=O)NC(CCC(=O)O)C(=O)O)C(=O)O. The van der Waals surface area contributed by atoms with Crippen molar-refractivity contribution >= 4 is 29.7 Å². The second kappa shape index (κ2) is 19.8. The number of carbonyl (C=O) groups excluding carboxylic acids is 2. The van der Waals surface area contributed by atoms with Crippen molar-refractivity contribution in [3.05, 3.63) is 85.1 Å². The van der Waals surface area contributed by atoms with E-state index in [1.54, 1.807) is 67.7 Å². The fourth-order valence-corrected chi connectivity index (χ4v) is 2.56. The van der Waals surface area contributed by atoms with E-state index in [-0.39, 0.29) is 18.8 Å². The van der Waals surface area contributed by atoms with Crippen molar-refractivity contribution in [1.82, 2.24) is 10.6 Å². The molecule has 10 nitrogen and oxygen atoms in total. The van der Waals surface area contributed by atoms with Crippen LogP contribution < -0.4 is 10.6 Å². The minimum atomic E-state index is -1.30. The molecule has 0 fully saturated rings. The number of hydrogen-bond acceptors (Lipinski definition) is 5. The maximum Gasteiger partial charge on any atom is 0.326 e. The normalized spacial score (nSPS) is 14.9. The summed E-state index contributed by atoms with van der Waals surface area (Å²) < 4.78 is 0. The summed E-state index contributed by atoms with van der Waals surface area (Å²) in [4.78, 5) is 56.3. The zero-order valence-electron chi connectivity index (χ0n) is 20.8. The predicted molar refractivity (Wildman–Crippen MR) is 139 cm³/mol. The first-order valence-corrected chi connectivity index (χ1v) is 11.5. The van der Waals surface area contributed by atoms with Crippen LogP contribution in [0.2, 0.25) is 0 Å². The third-order valence-corrected chi connectivity index (χ3v) is 4.76. The van der Waals surface area contributed by atoms with Crippen molar-refractivity contribution < 1.29 is 39.3 Å². The molecule has 0 heterocycles. The largest absolute Gasteiger partial charge is 0.481 e. The van der Waals surface area contributed by atoms with Gasteiger partial charge in [0.15, 0.2) is 0 Å². The fraction of sp³-hybridized carbons (Fsp3) is 0.296. The van der Waals surface area contributed by atoms with Gasteiger partial charge in [-0.15, -0.1) is 0 Å². The van der Waals surface area contributed by atoms with Crippen molar-refractivity contribution in [3.63, 3.8) is 0 Å². The molecule has 5 N–H and O–H groups in total. The van der Waals surface area contributed by atoms with Gasteiger partial charge in [-0.05, 0) is 12.3 Å². The van der Waals surface area contributed by atoms with E-state index in [9.17, 15) is 29.1 Å². The van der Waals surface area contributed by atoms with Crippen LogP contribution in [-0.4, -0.2) is 57.1 Å². The third-order valence-electron chi connectivity index (χ3n) is 4.76. The average Bonchev–Trinajstić information content (AvgIpc) is 2.84. The molecule has 0 aliphatic rings. The number of allylic oxidation sites excluding steroid dienone is 12. The zero-order chi connectivity index (χ0) is 28.1. The average molecular weight is 515 g/mol. The minimum Gasteiger partial charge on any atom is -0.481 e. The molecule has 10 heteroatoms. The van der Waals surface area contributed by atoms with Crippen molar-refractivity contribution in [1.29, 1.82) is 0 Å². The lowest BCUT2D eigenvalue weighted by molar-refractivity contribution is -0.143. The Hall–Kier alpha value is -4.47. The number of amides is 2. The summed E-state index contributed by atoms with van der Waals surface area (Å²) in [5.74, 6) is -4.80. The summed E-state index contributed by atoms with van der Waals surface area (Å²) in [5, 5.41) is 31.5. The van der Waals surface area contributed by atoms with Gasteiger partial charge in [-0.3, -0.25) is 14.4 Å². The lowest BCUT2D eigenvalue weighted by atomic mass is 9.99. The summed E-state index contributed by atoms with van der Waals surface area (Å²) in [7, 11) is 0. The topological polar surface area (TPSA) is 170 Å². The summed E-state index contributed by atoms with van der Waals surface area (Å²) in [5.41, 5.74) is 0. The Kier molecular flexibility index (Phi) is 17.4. The number of carboxylic acids is 3. The van der Waals surface area contributed by atoms with Crippen molar-refractivity contribution in [2.75, 3.05) is 0 Å². The standard InChI is InChI=1S/C27H34N2O8/c1-3-20(2)25(27(36)37)29-23(31)17-15-13-11-9-7-5-4-6-8-10-12-14-16-22(30)28-21(26(34)35)18-19-24(32)33/h4-17,20-21,25H,3,18-19H2,1-2H3,(H,28,30)(H,29,31)(H,32,33)(H,34,35)(H,36,37). The lowest BCUT2D eigenvalue weighted by Gasteiger charge is -2.19. The molecule has 3 unspecified atom stereocenters. The van der Waals surface area contributed by atoms with E-state index in [2.05, 4.69) is 10.6 Å². The molecule has 0 bridgehead atoms. The predicted octanol–water partition coefficient (Wildman–Crippen LogP) is 2.93. The first kappa shape index (κ1) is 32.5. The first-order chi connectivity index (χ1) is 17.6. The van der Waals surface area contributed by atoms with Gasteiger partial charge in [0.25, 0.3) is 0 Å². The number of carboxylic acid groups (broad SMARTS) is 3. The van der Waals surface area contributed by atoms with Gasteiger partial charge >= 0.3 is 17.9 Å². The molecule has 0 saturated heterocycles. The van der Waals surface area contributed by atoms with Gasteiger partial charge in [0, 0.05) is 18.6 Å². The van der Waals surface area contributed by atoms with Crippen LogP contribution in [0.5, 0.6) is 0 Å². The number of nitrogens with one attached hydrogen (secondary N) is 2. The van der Waals surface area contributed by atoms with E-state index in [0.717, 1.165) is 6.08 Å². The van der Waals surface area contributed by atoms with Gasteiger partial charge < -0.3 is 26.0 Å². The Labute approximate surface area is 216 Å². The van der Waals surface area contributed by atoms with Gasteiger partial charge in [0.1, 0.15) is 12.1 Å². The summed E-state index contributed by atoms with van der Waals surface area (Å²) in [6.07, 6.45) is 22.4. The molecule has 0 radical (unpaired) electrons. The summed E-state index contributed by atoms with van der Waals surface area (Å²) in [6.45, 7) is 3.62. The van der Waals surface area contributed by atoms with Crippen LogP contribution in [0.25, 0.3) is 0 Å². The van der Waals surface area contributed by atoms with E-state index < -0.39 is 41.8 Å². The smallest absolute Gasteiger partial charge is 0.326 e. The van der Waals surface area contributed by atoms with Crippen LogP contribution in [0.4, 0.5) is 0 Å². The Morgan fingerprint density at radius 1 is 0.649 bits per heavy atom. The van der Waals surface area contributed by atoms with Crippen molar-refractivity contribution in [3.8, 4) is 0 Å². The molecule has 0 aliphatic heterocycles. The Bertz CT molecular complexity index is 986. The maximum absolute atomic E-state index is 11.8. The number of hydrogen-bond donors (Lipinski definition) is 5. The molecule has 0 rings (SSSR count). The van der Waals surface area contributed by atoms with Crippen LogP contribution in [0.1, 0.15) is 33.1 Å². The molecule has 0 saturated carbocycles. The second-order valence-corrected chi connectivity index (χ2v) is 7.68. The molecule has 0 aromatic rings. The van der Waals surface area contributed by atoms with E-state index in [1.165, 1.54) is 18.2 Å². The maximum atomic E-state index is 11.8. The highest BCUT2D eigenvalue weighted by Gasteiger charge is 2.24. The molecule has 0 aromatic heterocycles. The van der Waals surface area contributed by atoms with Gasteiger partial charge in [-0.1, -0.05) is 93.2 Å². The first-order valence-electron chi connectivity index (χ1n) is 11.5. The molecule has 0 aliphatic carbocycles. The highest BCUT2D eigenvalue weighted by molar-refractivity contribution is 5.92. The van der Waals surface area contributed by atoms with E-state index in [1.807, 2.05) is 6.92 Å². The van der Waals surface area contributed by atoms with E-state index >= 15 is 0 Å². The number of aliphatic carboxylic acids is 3. The molecular formula is C27H34N2O8. The molecule has 2 amide bonds. The quantitative estimate of drug-likeness (QED) is 0.146. The zero-order valence-corrected chi connectivity index (χ0v) is 20.8. The van der Waals surface area contributed by atoms with Gasteiger partial charge in [0.2, 0.25) is 11.8 Å². The van der Waals surface area contributed by atoms with E-state index in [4.69, 9.17) is 10.2 Å². The fourth-order valence-electron chi connectivity index (χ4n) is 2.56. The van der Waals surface area contributed by atoms with Crippen molar-refractivity contribution in [2.45, 2.75) is 45.2 Å². The molecule has 37 heavy (non-hydrogen) atoms. The molecule has 0 aromatic carbocycles. The van der Waals surface area contributed by atoms with Crippen LogP contribution in [0.15, 0.2) is 85.1 Å². The van der Waals surface area contributed by atoms with Gasteiger partial charge in [-0.2, -0.15) is 0 Å². The highest BCUT2D eigenvalue weighted by atomic mass is 16.4. The van der Waals surface area contributed by atoms with Gasteiger partial charge in [-0.25, -0.2) is 9.59 Å². The highest BCUT2D eigenvalue weighted by Crippen LogP contribution is 2.07. The van der Waals surface area contributed by atoms with Crippen LogP contribution >= 0.6 is 0 Å². The lowest BCUT2D eigenvalue weighted by Crippen LogP contribution is -2.44. The Morgan fingerprint density at radius 2 is 1.05 bits per heavy atom. The molecular weight excluding hydrogens is 480 g/mol. The molecule has 3 atom stereocenters. The Balaban J connectivity index is 4.38. The molecule has 0 spiro atoms. The molecule has 200 valence electrons. The minimum absolute atomic E-state index is 0.177. The van der Waals surface area contributed by atoms with Crippen LogP contribution in [0.3, 0.4) is 0 Å². The van der Waals surface area contributed by atoms with Crippen molar-refractivity contribution in [2.24, 2.45) is 5.92 Å². The summed E-state index contributed by atoms with van der Waals surface area (Å²) >= 11 is 0. The Morgan fingerprint density at radius 3 is 1.41 bits per heavy atom. The van der Waals surface area contributed by atoms with E-state index in [0.29, 0.717) is 6.42 Å². The second-order valence-electron chi connectivity index (χ2n) is 7.68. The summed E-state index contributed by atoms with van der Waals surface area (Å²) in [6, 6.07) is -2.20. The monoisotopic (exact) mass is 514 g/mol. The van der Waals surface area contributed by atoms with Crippen LogP contribution in [0, 0.1) is 5.92 Å². The third kappa shape index (κ3) is 17.6. The number of rotatable bonds is 17. The van der Waals surface area contributed by atoms with Crippen LogP contribution in [-0.2, 0) is 24.0 Å². The number of carbonyl (C=O) groups is 5. The van der Waals surface area contributed by atoms with Gasteiger partial charge in [0.05, 0.1) is 0 Å².